The molecule has 2 amide bonds. The maximum atomic E-state index is 12.4. The van der Waals surface area contributed by atoms with Crippen molar-refractivity contribution in [1.82, 2.24) is 9.80 Å². The lowest BCUT2D eigenvalue weighted by molar-refractivity contribution is -0.116. The molecule has 1 aliphatic rings. The third kappa shape index (κ3) is 9.08. The molecule has 0 aromatic heterocycles. The monoisotopic (exact) mass is 553 g/mol. The molecule has 1 aliphatic heterocycles. The van der Waals surface area contributed by atoms with E-state index in [4.69, 9.17) is 17.0 Å². The number of carbonyl (C=O) groups excluding carboxylic acids is 3. The standard InChI is InChI=1S/C29H35N3O4S2/c1-3-31(4-2)19-20-36-28(34)23-14-16-24(17-15-23)30-26(33)13-9-6-10-18-32-27(37)25(38-29(32)35)21-22-11-7-5-8-12-22/h5,7-8,11-12,14-17,21H,3-4,6,9-10,13,18-20H2,1-2H3,(H,30,33)/b25-21+. The van der Waals surface area contributed by atoms with E-state index in [9.17, 15) is 14.4 Å². The number of nitrogens with zero attached hydrogens (tertiary/aromatic N) is 2. The number of amides is 2. The van der Waals surface area contributed by atoms with Crippen LogP contribution in [0, 0.1) is 0 Å². The quantitative estimate of drug-likeness (QED) is 0.129. The summed E-state index contributed by atoms with van der Waals surface area (Å²) < 4.78 is 5.34. The number of nitrogens with one attached hydrogen (secondary N) is 1. The lowest BCUT2D eigenvalue weighted by Gasteiger charge is -2.17. The molecule has 0 atom stereocenters. The molecule has 1 fully saturated rings. The highest BCUT2D eigenvalue weighted by molar-refractivity contribution is 8.19. The normalized spacial score (nSPS) is 14.4. The SMILES string of the molecule is CCN(CC)CCOC(=O)c1ccc(NC(=O)CCCCCN2C(=O)S/C(=C/c3ccccc3)C2=S)cc1. The minimum atomic E-state index is -0.368. The van der Waals surface area contributed by atoms with Crippen LogP contribution in [0.4, 0.5) is 10.5 Å². The van der Waals surface area contributed by atoms with Gasteiger partial charge in [0.1, 0.15) is 11.6 Å². The number of ether oxygens (including phenoxy) is 1. The lowest BCUT2D eigenvalue weighted by atomic mass is 10.1. The van der Waals surface area contributed by atoms with Crippen LogP contribution in [0.25, 0.3) is 6.08 Å². The number of esters is 1. The van der Waals surface area contributed by atoms with Crippen LogP contribution in [0.5, 0.6) is 0 Å². The van der Waals surface area contributed by atoms with Crippen molar-refractivity contribution in [2.75, 3.05) is 38.1 Å². The summed E-state index contributed by atoms with van der Waals surface area (Å²) in [5.74, 6) is -0.456. The Hall–Kier alpha value is -3.01. The molecule has 2 aromatic rings. The Morgan fingerprint density at radius 3 is 2.42 bits per heavy atom. The number of thiocarbonyl (C=S) groups is 1. The third-order valence-corrected chi connectivity index (χ3v) is 7.69. The van der Waals surface area contributed by atoms with Crippen LogP contribution in [0.3, 0.4) is 0 Å². The number of anilines is 1. The molecule has 3 rings (SSSR count). The first kappa shape index (κ1) is 29.5. The minimum Gasteiger partial charge on any atom is -0.461 e. The number of carbonyl (C=O) groups is 3. The number of likely N-dealkylation sites (N-methyl/N-ethyl adjacent to an activating group) is 1. The average Bonchev–Trinajstić information content (AvgIpc) is 3.19. The van der Waals surface area contributed by atoms with Gasteiger partial charge >= 0.3 is 5.97 Å². The highest BCUT2D eigenvalue weighted by Crippen LogP contribution is 2.33. The van der Waals surface area contributed by atoms with Crippen LogP contribution >= 0.6 is 24.0 Å². The second-order valence-electron chi connectivity index (χ2n) is 8.84. The molecule has 1 N–H and O–H groups in total. The average molecular weight is 554 g/mol. The maximum absolute atomic E-state index is 12.4. The zero-order valence-corrected chi connectivity index (χ0v) is 23.6. The molecule has 7 nitrogen and oxygen atoms in total. The van der Waals surface area contributed by atoms with Crippen molar-refractivity contribution < 1.29 is 19.1 Å². The van der Waals surface area contributed by atoms with Gasteiger partial charge < -0.3 is 15.0 Å². The zero-order valence-electron chi connectivity index (χ0n) is 22.0. The first-order chi connectivity index (χ1) is 18.4. The summed E-state index contributed by atoms with van der Waals surface area (Å²) in [5, 5.41) is 2.81. The molecule has 202 valence electrons. The third-order valence-electron chi connectivity index (χ3n) is 6.20. The van der Waals surface area contributed by atoms with Crippen LogP contribution in [0.2, 0.25) is 0 Å². The minimum absolute atomic E-state index is 0.0499. The van der Waals surface area contributed by atoms with Gasteiger partial charge in [-0.3, -0.25) is 14.5 Å². The van der Waals surface area contributed by atoms with Crippen LogP contribution in [0.1, 0.15) is 55.5 Å². The van der Waals surface area contributed by atoms with Crippen molar-refractivity contribution in [2.45, 2.75) is 39.5 Å². The fraction of sp³-hybridized carbons (Fsp3) is 0.379. The van der Waals surface area contributed by atoms with Crippen molar-refractivity contribution in [3.05, 3.63) is 70.6 Å². The smallest absolute Gasteiger partial charge is 0.338 e. The number of hydrogen-bond acceptors (Lipinski definition) is 7. The van der Waals surface area contributed by atoms with Crippen LogP contribution in [-0.4, -0.2) is 64.7 Å². The fourth-order valence-corrected chi connectivity index (χ4v) is 5.22. The number of benzene rings is 2. The van der Waals surface area contributed by atoms with Gasteiger partial charge in [0.15, 0.2) is 0 Å². The Bertz CT molecular complexity index is 1130. The molecule has 9 heteroatoms. The van der Waals surface area contributed by atoms with Crippen molar-refractivity contribution in [3.8, 4) is 0 Å². The van der Waals surface area contributed by atoms with Gasteiger partial charge in [-0.1, -0.05) is 62.8 Å². The van der Waals surface area contributed by atoms with Gasteiger partial charge in [-0.15, -0.1) is 0 Å². The lowest BCUT2D eigenvalue weighted by Crippen LogP contribution is -2.28. The summed E-state index contributed by atoms with van der Waals surface area (Å²) in [4.78, 5) is 42.1. The van der Waals surface area contributed by atoms with E-state index in [2.05, 4.69) is 24.1 Å². The van der Waals surface area contributed by atoms with Gasteiger partial charge in [0.2, 0.25) is 5.91 Å². The summed E-state index contributed by atoms with van der Waals surface area (Å²) in [6.07, 6.45) is 4.60. The summed E-state index contributed by atoms with van der Waals surface area (Å²) in [6, 6.07) is 16.5. The molecule has 0 bridgehead atoms. The van der Waals surface area contributed by atoms with Crippen molar-refractivity contribution in [3.63, 3.8) is 0 Å². The highest BCUT2D eigenvalue weighted by Gasteiger charge is 2.31. The molecule has 0 saturated carbocycles. The molecule has 0 aliphatic carbocycles. The molecule has 1 heterocycles. The Morgan fingerprint density at radius 2 is 1.74 bits per heavy atom. The topological polar surface area (TPSA) is 79.0 Å². The molecule has 0 radical (unpaired) electrons. The van der Waals surface area contributed by atoms with Crippen LogP contribution in [0.15, 0.2) is 59.5 Å². The van der Waals surface area contributed by atoms with Crippen LogP contribution < -0.4 is 5.32 Å². The molecule has 0 spiro atoms. The van der Waals surface area contributed by atoms with E-state index in [1.54, 1.807) is 29.2 Å². The Morgan fingerprint density at radius 1 is 1.03 bits per heavy atom. The number of rotatable bonds is 14. The molecule has 0 unspecified atom stereocenters. The predicted octanol–water partition coefficient (Wildman–Crippen LogP) is 6.22. The number of unbranched alkanes of at least 4 members (excludes halogenated alkanes) is 2. The van der Waals surface area contributed by atoms with Gasteiger partial charge in [0.05, 0.1) is 10.5 Å². The number of thioether (sulfide) groups is 1. The van der Waals surface area contributed by atoms with E-state index in [-0.39, 0.29) is 17.1 Å². The van der Waals surface area contributed by atoms with Crippen molar-refractivity contribution in [1.29, 1.82) is 0 Å². The van der Waals surface area contributed by atoms with E-state index in [0.29, 0.717) is 48.8 Å². The van der Waals surface area contributed by atoms with Crippen molar-refractivity contribution >= 4 is 57.8 Å². The first-order valence-electron chi connectivity index (χ1n) is 13.0. The number of hydrogen-bond donors (Lipinski definition) is 1. The fourth-order valence-electron chi connectivity index (χ4n) is 3.93. The second kappa shape index (κ2) is 15.4. The summed E-state index contributed by atoms with van der Waals surface area (Å²) in [6.45, 7) is 7.59. The summed E-state index contributed by atoms with van der Waals surface area (Å²) in [5.41, 5.74) is 2.10. The second-order valence-corrected chi connectivity index (χ2v) is 10.2. The van der Waals surface area contributed by atoms with Crippen LogP contribution in [-0.2, 0) is 9.53 Å². The molecular weight excluding hydrogens is 518 g/mol. The molecule has 38 heavy (non-hydrogen) atoms. The summed E-state index contributed by atoms with van der Waals surface area (Å²) >= 11 is 6.69. The largest absolute Gasteiger partial charge is 0.461 e. The Kier molecular flexibility index (Phi) is 12.0. The van der Waals surface area contributed by atoms with Gasteiger partial charge in [0, 0.05) is 25.2 Å². The predicted molar refractivity (Wildman–Crippen MR) is 158 cm³/mol. The molecular formula is C29H35N3O4S2. The zero-order chi connectivity index (χ0) is 27.3. The maximum Gasteiger partial charge on any atom is 0.338 e. The van der Waals surface area contributed by atoms with E-state index >= 15 is 0 Å². The van der Waals surface area contributed by atoms with E-state index in [1.165, 1.54) is 11.8 Å². The molecule has 1 saturated heterocycles. The van der Waals surface area contributed by atoms with Gasteiger partial charge in [-0.25, -0.2) is 4.79 Å². The van der Waals surface area contributed by atoms with E-state index in [1.807, 2.05) is 36.4 Å². The van der Waals surface area contributed by atoms with Gasteiger partial charge in [-0.05, 0) is 73.6 Å². The molecule has 2 aromatic carbocycles. The Balaban J connectivity index is 1.34. The Labute approximate surface area is 234 Å². The van der Waals surface area contributed by atoms with Gasteiger partial charge in [0.25, 0.3) is 5.24 Å². The van der Waals surface area contributed by atoms with E-state index < -0.39 is 0 Å². The van der Waals surface area contributed by atoms with Gasteiger partial charge in [-0.2, -0.15) is 0 Å². The summed E-state index contributed by atoms with van der Waals surface area (Å²) in [7, 11) is 0. The first-order valence-corrected chi connectivity index (χ1v) is 14.2. The van der Waals surface area contributed by atoms with E-state index in [0.717, 1.165) is 36.4 Å². The van der Waals surface area contributed by atoms with Crippen molar-refractivity contribution in [2.24, 2.45) is 0 Å². The highest BCUT2D eigenvalue weighted by atomic mass is 32.2.